The van der Waals surface area contributed by atoms with Gasteiger partial charge in [0.25, 0.3) is 5.56 Å². The molecular formula is C23H18F3N7O2. The predicted octanol–water partition coefficient (Wildman–Crippen LogP) is 3.42. The highest BCUT2D eigenvalue weighted by molar-refractivity contribution is 5.55. The van der Waals surface area contributed by atoms with Crippen LogP contribution in [0.5, 0.6) is 0 Å². The van der Waals surface area contributed by atoms with E-state index in [1.807, 2.05) is 6.07 Å². The first-order chi connectivity index (χ1) is 16.5. The van der Waals surface area contributed by atoms with Gasteiger partial charge in [-0.05, 0) is 51.1 Å². The van der Waals surface area contributed by atoms with Gasteiger partial charge in [-0.2, -0.15) is 18.4 Å². The zero-order valence-corrected chi connectivity index (χ0v) is 18.8. The first kappa shape index (κ1) is 23.6. The Hall–Kier alpha value is -4.53. The fourth-order valence-corrected chi connectivity index (χ4v) is 3.74. The summed E-state index contributed by atoms with van der Waals surface area (Å²) in [4.78, 5) is 31.0. The van der Waals surface area contributed by atoms with Crippen LogP contribution in [0.4, 0.5) is 13.2 Å². The zero-order chi connectivity index (χ0) is 25.5. The van der Waals surface area contributed by atoms with Crippen molar-refractivity contribution >= 4 is 0 Å². The molecule has 0 atom stereocenters. The molecule has 4 aromatic rings. The number of hydrogen-bond acceptors (Lipinski definition) is 6. The molecule has 4 rings (SSSR count). The van der Waals surface area contributed by atoms with Gasteiger partial charge >= 0.3 is 11.9 Å². The van der Waals surface area contributed by atoms with Crippen LogP contribution in [0.15, 0.2) is 58.5 Å². The monoisotopic (exact) mass is 481 g/mol. The first-order valence-corrected chi connectivity index (χ1v) is 10.4. The van der Waals surface area contributed by atoms with Gasteiger partial charge in [0.05, 0.1) is 22.5 Å². The molecule has 3 aromatic heterocycles. The summed E-state index contributed by atoms with van der Waals surface area (Å²) in [7, 11) is 0. The maximum Gasteiger partial charge on any atom is 0.416 e. The van der Waals surface area contributed by atoms with E-state index >= 15 is 0 Å². The molecule has 178 valence electrons. The lowest BCUT2D eigenvalue weighted by Crippen LogP contribution is -2.43. The van der Waals surface area contributed by atoms with Gasteiger partial charge in [0.2, 0.25) is 0 Å². The number of hydrogen-bond donors (Lipinski definition) is 0. The topological polar surface area (TPSA) is 111 Å². The molecule has 0 bridgehead atoms. The summed E-state index contributed by atoms with van der Waals surface area (Å²) < 4.78 is 43.4. The minimum Gasteiger partial charge on any atom is -0.273 e. The van der Waals surface area contributed by atoms with E-state index in [-0.39, 0.29) is 22.9 Å². The van der Waals surface area contributed by atoms with Crippen LogP contribution in [-0.2, 0) is 6.18 Å². The van der Waals surface area contributed by atoms with Crippen LogP contribution < -0.4 is 11.2 Å². The second-order valence-electron chi connectivity index (χ2n) is 7.94. The molecule has 12 heteroatoms. The van der Waals surface area contributed by atoms with Gasteiger partial charge in [-0.25, -0.2) is 4.79 Å². The minimum absolute atomic E-state index is 0.0260. The van der Waals surface area contributed by atoms with Gasteiger partial charge in [0.15, 0.2) is 5.82 Å². The molecule has 3 heterocycles. The van der Waals surface area contributed by atoms with Crippen LogP contribution in [0, 0.1) is 18.3 Å². The van der Waals surface area contributed by atoms with Crippen molar-refractivity contribution in [1.29, 1.82) is 5.26 Å². The molecule has 0 radical (unpaired) electrons. The maximum absolute atomic E-state index is 13.5. The van der Waals surface area contributed by atoms with Gasteiger partial charge in [-0.3, -0.25) is 23.5 Å². The number of nitriles is 1. The van der Waals surface area contributed by atoms with Crippen molar-refractivity contribution in [2.75, 3.05) is 0 Å². The lowest BCUT2D eigenvalue weighted by Gasteiger charge is -2.20. The summed E-state index contributed by atoms with van der Waals surface area (Å²) in [6.45, 7) is 4.69. The lowest BCUT2D eigenvalue weighted by atomic mass is 10.2. The summed E-state index contributed by atoms with van der Waals surface area (Å²) in [6.07, 6.45) is -2.03. The molecule has 0 aliphatic carbocycles. The molecule has 0 aliphatic heterocycles. The smallest absolute Gasteiger partial charge is 0.273 e. The van der Waals surface area contributed by atoms with Gasteiger partial charge in [0.1, 0.15) is 23.8 Å². The number of alkyl halides is 3. The molecule has 0 N–H and O–H groups in total. The summed E-state index contributed by atoms with van der Waals surface area (Å²) in [6, 6.07) is 8.70. The number of nitrogens with zero attached hydrogens (tertiary/aromatic N) is 7. The maximum atomic E-state index is 13.5. The van der Waals surface area contributed by atoms with Crippen molar-refractivity contribution in [3.8, 4) is 29.0 Å². The van der Waals surface area contributed by atoms with Gasteiger partial charge in [-0.1, -0.05) is 6.07 Å². The van der Waals surface area contributed by atoms with Crippen LogP contribution in [0.3, 0.4) is 0 Å². The van der Waals surface area contributed by atoms with E-state index in [1.165, 1.54) is 48.3 Å². The van der Waals surface area contributed by atoms with Crippen LogP contribution in [0.1, 0.15) is 36.7 Å². The van der Waals surface area contributed by atoms with E-state index in [1.54, 1.807) is 13.8 Å². The Morgan fingerprint density at radius 2 is 1.86 bits per heavy atom. The fourth-order valence-electron chi connectivity index (χ4n) is 3.74. The number of benzene rings is 1. The third kappa shape index (κ3) is 4.12. The van der Waals surface area contributed by atoms with Crippen molar-refractivity contribution in [3.05, 3.63) is 86.6 Å². The van der Waals surface area contributed by atoms with E-state index in [0.29, 0.717) is 11.3 Å². The quantitative estimate of drug-likeness (QED) is 0.442. The van der Waals surface area contributed by atoms with Crippen molar-refractivity contribution < 1.29 is 13.2 Å². The fraction of sp³-hybridized carbons (Fsp3) is 0.217. The highest BCUT2D eigenvalue weighted by Gasteiger charge is 2.31. The van der Waals surface area contributed by atoms with Crippen molar-refractivity contribution in [2.24, 2.45) is 0 Å². The first-order valence-electron chi connectivity index (χ1n) is 10.4. The van der Waals surface area contributed by atoms with E-state index in [2.05, 4.69) is 15.2 Å². The Morgan fingerprint density at radius 1 is 1.11 bits per heavy atom. The Morgan fingerprint density at radius 3 is 2.46 bits per heavy atom. The summed E-state index contributed by atoms with van der Waals surface area (Å²) >= 11 is 0. The molecular weight excluding hydrogens is 463 g/mol. The molecule has 0 spiro atoms. The summed E-state index contributed by atoms with van der Waals surface area (Å²) in [5.74, 6) is 0.152. The Balaban J connectivity index is 2.04. The molecule has 0 amide bonds. The molecule has 0 unspecified atom stereocenters. The van der Waals surface area contributed by atoms with E-state index < -0.39 is 29.0 Å². The van der Waals surface area contributed by atoms with Gasteiger partial charge in [-0.15, -0.1) is 10.2 Å². The molecule has 35 heavy (non-hydrogen) atoms. The van der Waals surface area contributed by atoms with Gasteiger partial charge < -0.3 is 0 Å². The van der Waals surface area contributed by atoms with E-state index in [0.717, 1.165) is 21.3 Å². The zero-order valence-electron chi connectivity index (χ0n) is 18.8. The number of halogens is 3. The molecule has 9 nitrogen and oxygen atoms in total. The standard InChI is InChI=1S/C23H18F3N7O2/c1-13(2)32-21(34)19(31-12-29-30-20(31)18-8-7-15(10-27)11-28-18)14(3)33(22(32)35)17-6-4-5-16(9-17)23(24,25)26/h4-9,11-13H,1-3H3. The Kier molecular flexibility index (Phi) is 5.86. The van der Waals surface area contributed by atoms with Crippen LogP contribution in [-0.4, -0.2) is 28.9 Å². The van der Waals surface area contributed by atoms with E-state index in [4.69, 9.17) is 5.26 Å². The molecule has 1 aromatic carbocycles. The van der Waals surface area contributed by atoms with Crippen LogP contribution >= 0.6 is 0 Å². The largest absolute Gasteiger partial charge is 0.416 e. The average Bonchev–Trinajstić information content (AvgIpc) is 3.28. The molecule has 0 aliphatic rings. The second kappa shape index (κ2) is 8.68. The third-order valence-electron chi connectivity index (χ3n) is 5.36. The van der Waals surface area contributed by atoms with Crippen LogP contribution in [0.2, 0.25) is 0 Å². The SMILES string of the molecule is Cc1c(-n2cnnc2-c2ccc(C#N)cn2)c(=O)n(C(C)C)c(=O)n1-c1cccc(C(F)(F)F)c1. The number of pyridine rings is 1. The molecule has 0 saturated carbocycles. The van der Waals surface area contributed by atoms with Gasteiger partial charge in [0, 0.05) is 12.2 Å². The minimum atomic E-state index is -4.62. The highest BCUT2D eigenvalue weighted by Crippen LogP contribution is 2.30. The Labute approximate surface area is 196 Å². The Bertz CT molecular complexity index is 1570. The van der Waals surface area contributed by atoms with E-state index in [9.17, 15) is 22.8 Å². The predicted molar refractivity (Wildman–Crippen MR) is 119 cm³/mol. The van der Waals surface area contributed by atoms with Crippen LogP contribution in [0.25, 0.3) is 22.9 Å². The third-order valence-corrected chi connectivity index (χ3v) is 5.36. The molecule has 0 fully saturated rings. The molecule has 0 saturated heterocycles. The number of aromatic nitrogens is 6. The van der Waals surface area contributed by atoms with Crippen molar-refractivity contribution in [2.45, 2.75) is 33.0 Å². The lowest BCUT2D eigenvalue weighted by molar-refractivity contribution is -0.137. The number of rotatable bonds is 4. The highest BCUT2D eigenvalue weighted by atomic mass is 19.4. The normalized spacial score (nSPS) is 11.6. The van der Waals surface area contributed by atoms with Crippen molar-refractivity contribution in [1.82, 2.24) is 28.9 Å². The average molecular weight is 481 g/mol. The summed E-state index contributed by atoms with van der Waals surface area (Å²) in [5.41, 5.74) is -1.75. The second-order valence-corrected chi connectivity index (χ2v) is 7.94. The van der Waals surface area contributed by atoms with Crippen molar-refractivity contribution in [3.63, 3.8) is 0 Å². The summed E-state index contributed by atoms with van der Waals surface area (Å²) in [5, 5.41) is 16.9.